The number of carbonyl (C=O) groups is 1. The Kier molecular flexibility index (Phi) is 3.36. The predicted octanol–water partition coefficient (Wildman–Crippen LogP) is 3.20. The third-order valence-electron chi connectivity index (χ3n) is 3.74. The van der Waals surface area contributed by atoms with Crippen molar-refractivity contribution < 1.29 is 9.18 Å². The van der Waals surface area contributed by atoms with Crippen LogP contribution in [0.15, 0.2) is 42.5 Å². The summed E-state index contributed by atoms with van der Waals surface area (Å²) in [5.74, 6) is -0.612. The lowest BCUT2D eigenvalue weighted by Crippen LogP contribution is -2.32. The minimum absolute atomic E-state index is 0.0211. The zero-order valence-electron chi connectivity index (χ0n) is 11.3. The molecule has 0 saturated heterocycles. The summed E-state index contributed by atoms with van der Waals surface area (Å²) < 4.78 is 13.5. The summed E-state index contributed by atoms with van der Waals surface area (Å²) in [4.78, 5) is 12.7. The van der Waals surface area contributed by atoms with Crippen LogP contribution in [0.5, 0.6) is 0 Å². The number of aryl methyl sites for hydroxylation is 1. The van der Waals surface area contributed by atoms with Crippen LogP contribution in [0.25, 0.3) is 0 Å². The number of nitrogens with one attached hydrogen (secondary N) is 1. The Morgan fingerprint density at radius 1 is 1.25 bits per heavy atom. The summed E-state index contributed by atoms with van der Waals surface area (Å²) in [6.45, 7) is 3.18. The van der Waals surface area contributed by atoms with Gasteiger partial charge in [0.05, 0.1) is 5.92 Å². The molecule has 2 aromatic carbocycles. The smallest absolute Gasteiger partial charge is 0.171 e. The van der Waals surface area contributed by atoms with E-state index in [1.165, 1.54) is 12.1 Å². The molecule has 1 heterocycles. The van der Waals surface area contributed by atoms with Crippen molar-refractivity contribution in [2.75, 3.05) is 6.54 Å². The SMILES string of the molecule is Cc1cc(F)cc(C(=O)C2CNCc3ccccc32)c1. The number of carbonyl (C=O) groups excluding carboxylic acids is 1. The van der Waals surface area contributed by atoms with E-state index in [-0.39, 0.29) is 17.5 Å². The highest BCUT2D eigenvalue weighted by Gasteiger charge is 2.27. The normalized spacial score (nSPS) is 17.6. The largest absolute Gasteiger partial charge is 0.312 e. The third-order valence-corrected chi connectivity index (χ3v) is 3.74. The van der Waals surface area contributed by atoms with Crippen LogP contribution < -0.4 is 5.32 Å². The summed E-state index contributed by atoms with van der Waals surface area (Å²) in [6, 6.07) is 12.4. The molecule has 0 bridgehead atoms. The zero-order valence-corrected chi connectivity index (χ0v) is 11.3. The van der Waals surface area contributed by atoms with Crippen molar-refractivity contribution in [2.24, 2.45) is 0 Å². The fourth-order valence-electron chi connectivity index (χ4n) is 2.81. The van der Waals surface area contributed by atoms with Crippen LogP contribution in [0.3, 0.4) is 0 Å². The van der Waals surface area contributed by atoms with E-state index in [2.05, 4.69) is 5.32 Å². The molecule has 1 atom stereocenters. The van der Waals surface area contributed by atoms with E-state index in [4.69, 9.17) is 0 Å². The van der Waals surface area contributed by atoms with Crippen LogP contribution in [-0.4, -0.2) is 12.3 Å². The second-order valence-corrected chi connectivity index (χ2v) is 5.26. The molecule has 1 aliphatic heterocycles. The molecular formula is C17H16FNO. The summed E-state index contributed by atoms with van der Waals surface area (Å²) in [7, 11) is 0. The molecule has 20 heavy (non-hydrogen) atoms. The Balaban J connectivity index is 1.99. The molecule has 0 aliphatic carbocycles. The van der Waals surface area contributed by atoms with Gasteiger partial charge in [0.2, 0.25) is 0 Å². The van der Waals surface area contributed by atoms with Gasteiger partial charge in [-0.05, 0) is 41.8 Å². The van der Waals surface area contributed by atoms with Crippen LogP contribution in [0.1, 0.15) is 33.0 Å². The first-order chi connectivity index (χ1) is 9.65. The summed E-state index contributed by atoms with van der Waals surface area (Å²) in [5, 5.41) is 3.26. The van der Waals surface area contributed by atoms with E-state index < -0.39 is 0 Å². The summed E-state index contributed by atoms with van der Waals surface area (Å²) in [6.07, 6.45) is 0. The van der Waals surface area contributed by atoms with Crippen LogP contribution in [0.4, 0.5) is 4.39 Å². The highest BCUT2D eigenvalue weighted by Crippen LogP contribution is 2.27. The molecule has 2 aromatic rings. The topological polar surface area (TPSA) is 29.1 Å². The van der Waals surface area contributed by atoms with E-state index in [1.54, 1.807) is 13.0 Å². The maximum absolute atomic E-state index is 13.5. The number of halogens is 1. The Morgan fingerprint density at radius 2 is 2.05 bits per heavy atom. The van der Waals surface area contributed by atoms with Crippen LogP contribution >= 0.6 is 0 Å². The number of benzene rings is 2. The number of rotatable bonds is 2. The lowest BCUT2D eigenvalue weighted by molar-refractivity contribution is 0.0954. The second-order valence-electron chi connectivity index (χ2n) is 5.26. The molecule has 3 rings (SSSR count). The van der Waals surface area contributed by atoms with Crippen LogP contribution in [0, 0.1) is 12.7 Å². The van der Waals surface area contributed by atoms with Gasteiger partial charge in [-0.3, -0.25) is 4.79 Å². The molecule has 102 valence electrons. The molecule has 0 spiro atoms. The van der Waals surface area contributed by atoms with Crippen molar-refractivity contribution in [3.63, 3.8) is 0 Å². The molecule has 0 radical (unpaired) electrons. The van der Waals surface area contributed by atoms with Gasteiger partial charge in [0, 0.05) is 18.7 Å². The number of fused-ring (bicyclic) bond motifs is 1. The van der Waals surface area contributed by atoms with Crippen molar-refractivity contribution in [2.45, 2.75) is 19.4 Å². The molecule has 1 aliphatic rings. The average molecular weight is 269 g/mol. The quantitative estimate of drug-likeness (QED) is 0.848. The molecule has 0 aromatic heterocycles. The van der Waals surface area contributed by atoms with Crippen LogP contribution in [0.2, 0.25) is 0 Å². The zero-order chi connectivity index (χ0) is 14.1. The highest BCUT2D eigenvalue weighted by atomic mass is 19.1. The lowest BCUT2D eigenvalue weighted by Gasteiger charge is -2.25. The van der Waals surface area contributed by atoms with E-state index >= 15 is 0 Å². The second kappa shape index (κ2) is 5.17. The standard InChI is InChI=1S/C17H16FNO/c1-11-6-13(8-14(18)7-11)17(20)16-10-19-9-12-4-2-3-5-15(12)16/h2-8,16,19H,9-10H2,1H3. The van der Waals surface area contributed by atoms with Crippen molar-refractivity contribution >= 4 is 5.78 Å². The average Bonchev–Trinajstić information content (AvgIpc) is 2.45. The van der Waals surface area contributed by atoms with Crippen molar-refractivity contribution in [1.82, 2.24) is 5.32 Å². The van der Waals surface area contributed by atoms with Gasteiger partial charge in [-0.15, -0.1) is 0 Å². The maximum atomic E-state index is 13.5. The van der Waals surface area contributed by atoms with E-state index in [1.807, 2.05) is 24.3 Å². The number of ketones is 1. The maximum Gasteiger partial charge on any atom is 0.171 e. The van der Waals surface area contributed by atoms with Gasteiger partial charge < -0.3 is 5.32 Å². The third kappa shape index (κ3) is 2.37. The fraction of sp³-hybridized carbons (Fsp3) is 0.235. The van der Waals surface area contributed by atoms with Gasteiger partial charge in [-0.25, -0.2) is 4.39 Å². The Labute approximate surface area is 117 Å². The van der Waals surface area contributed by atoms with Crippen molar-refractivity contribution in [3.05, 3.63) is 70.5 Å². The Morgan fingerprint density at radius 3 is 2.85 bits per heavy atom. The molecule has 0 fully saturated rings. The first-order valence-corrected chi connectivity index (χ1v) is 6.75. The Hall–Kier alpha value is -2.00. The van der Waals surface area contributed by atoms with Gasteiger partial charge in [-0.2, -0.15) is 0 Å². The highest BCUT2D eigenvalue weighted by molar-refractivity contribution is 6.01. The molecule has 0 amide bonds. The summed E-state index contributed by atoms with van der Waals surface area (Å²) >= 11 is 0. The first-order valence-electron chi connectivity index (χ1n) is 6.75. The first kappa shape index (κ1) is 13.0. The van der Waals surface area contributed by atoms with Gasteiger partial charge in [0.15, 0.2) is 5.78 Å². The van der Waals surface area contributed by atoms with E-state index in [0.29, 0.717) is 12.1 Å². The van der Waals surface area contributed by atoms with Crippen molar-refractivity contribution in [3.8, 4) is 0 Å². The number of hydrogen-bond donors (Lipinski definition) is 1. The summed E-state index contributed by atoms with van der Waals surface area (Å²) in [5.41, 5.74) is 3.42. The lowest BCUT2D eigenvalue weighted by atomic mass is 9.85. The number of Topliss-reactive ketones (excluding diaryl/α,β-unsaturated/α-hetero) is 1. The molecule has 1 N–H and O–H groups in total. The van der Waals surface area contributed by atoms with Gasteiger partial charge in [0.1, 0.15) is 5.82 Å². The minimum atomic E-state index is -0.356. The predicted molar refractivity (Wildman–Crippen MR) is 76.4 cm³/mol. The molecule has 3 heteroatoms. The fourth-order valence-corrected chi connectivity index (χ4v) is 2.81. The molecule has 1 unspecified atom stereocenters. The van der Waals surface area contributed by atoms with Crippen LogP contribution in [-0.2, 0) is 6.54 Å². The molecule has 2 nitrogen and oxygen atoms in total. The molecular weight excluding hydrogens is 253 g/mol. The van der Waals surface area contributed by atoms with E-state index in [0.717, 1.165) is 23.2 Å². The van der Waals surface area contributed by atoms with Gasteiger partial charge >= 0.3 is 0 Å². The van der Waals surface area contributed by atoms with Gasteiger partial charge in [0.25, 0.3) is 0 Å². The molecule has 0 saturated carbocycles. The Bertz CT molecular complexity index is 646. The van der Waals surface area contributed by atoms with Gasteiger partial charge in [-0.1, -0.05) is 24.3 Å². The van der Waals surface area contributed by atoms with Crippen molar-refractivity contribution in [1.29, 1.82) is 0 Å². The number of hydrogen-bond acceptors (Lipinski definition) is 2. The van der Waals surface area contributed by atoms with E-state index in [9.17, 15) is 9.18 Å². The monoisotopic (exact) mass is 269 g/mol. The minimum Gasteiger partial charge on any atom is -0.312 e.